The van der Waals surface area contributed by atoms with Gasteiger partial charge in [-0.3, -0.25) is 29.1 Å². The molecule has 2 aromatic heterocycles. The van der Waals surface area contributed by atoms with Gasteiger partial charge in [0.15, 0.2) is 11.9 Å². The van der Waals surface area contributed by atoms with Crippen molar-refractivity contribution in [3.8, 4) is 0 Å². The highest BCUT2D eigenvalue weighted by Gasteiger charge is 2.43. The molecule has 0 aromatic carbocycles. The van der Waals surface area contributed by atoms with Crippen LogP contribution in [-0.2, 0) is 25.5 Å². The number of amides is 2. The van der Waals surface area contributed by atoms with Gasteiger partial charge in [-0.1, -0.05) is 40.2 Å². The SMILES string of the molecule is CC[C@H](C)[C@H](CC(=O)[C@@]1(C)CCCN1C)C(=O)N(C)[C@H](C[C@@H](OC(C)=O)c1nc(C(=O)NCCc2cccnc2)cs1)C(C)C. The summed E-state index contributed by atoms with van der Waals surface area (Å²) in [6.45, 7) is 12.8. The molecule has 0 radical (unpaired) electrons. The van der Waals surface area contributed by atoms with Crippen molar-refractivity contribution in [1.29, 1.82) is 0 Å². The van der Waals surface area contributed by atoms with Gasteiger partial charge < -0.3 is 15.0 Å². The van der Waals surface area contributed by atoms with Gasteiger partial charge in [-0.05, 0) is 63.2 Å². The van der Waals surface area contributed by atoms with E-state index in [1.807, 2.05) is 53.8 Å². The number of likely N-dealkylation sites (tertiary alicyclic amines) is 1. The van der Waals surface area contributed by atoms with E-state index in [4.69, 9.17) is 4.74 Å². The minimum atomic E-state index is -0.734. The van der Waals surface area contributed by atoms with E-state index in [2.05, 4.69) is 20.2 Å². The number of ketones is 1. The summed E-state index contributed by atoms with van der Waals surface area (Å²) in [6.07, 6.45) is 6.44. The Kier molecular flexibility index (Phi) is 13.2. The van der Waals surface area contributed by atoms with Crippen LogP contribution in [0.2, 0.25) is 0 Å². The molecule has 3 heterocycles. The Hall–Kier alpha value is -3.18. The molecular formula is C34H51N5O5S. The van der Waals surface area contributed by atoms with Gasteiger partial charge in [-0.2, -0.15) is 0 Å². The first-order valence-electron chi connectivity index (χ1n) is 16.1. The van der Waals surface area contributed by atoms with Gasteiger partial charge in [-0.25, -0.2) is 4.98 Å². The summed E-state index contributed by atoms with van der Waals surface area (Å²) in [5, 5.41) is 5.05. The zero-order chi connectivity index (χ0) is 33.3. The van der Waals surface area contributed by atoms with Crippen molar-refractivity contribution in [3.63, 3.8) is 0 Å². The van der Waals surface area contributed by atoms with E-state index >= 15 is 0 Å². The van der Waals surface area contributed by atoms with Gasteiger partial charge in [-0.15, -0.1) is 11.3 Å². The molecule has 0 bridgehead atoms. The maximum absolute atomic E-state index is 14.1. The molecule has 10 nitrogen and oxygen atoms in total. The molecule has 1 aliphatic heterocycles. The molecule has 1 saturated heterocycles. The number of thiazole rings is 1. The standard InChI is InChI=1S/C34H51N5O5S/c1-9-23(4)26(18-30(41)34(6)14-11-17-38(34)7)33(43)39(8)28(22(2)3)19-29(44-24(5)40)32-37-27(21-45-32)31(42)36-16-13-25-12-10-15-35-20-25/h10,12,15,20-23,26,28-29H,9,11,13-14,16-19H2,1-8H3,(H,36,42)/t23-,26-,28+,29+,34+/m0/s1. The maximum Gasteiger partial charge on any atom is 0.303 e. The first-order chi connectivity index (χ1) is 21.3. The number of pyridine rings is 1. The van der Waals surface area contributed by atoms with Crippen LogP contribution in [0.25, 0.3) is 0 Å². The molecule has 1 fully saturated rings. The van der Waals surface area contributed by atoms with Crippen LogP contribution in [0.5, 0.6) is 0 Å². The number of ether oxygens (including phenoxy) is 1. The fourth-order valence-electron chi connectivity index (χ4n) is 6.10. The topological polar surface area (TPSA) is 122 Å². The fourth-order valence-corrected chi connectivity index (χ4v) is 6.94. The Balaban J connectivity index is 1.75. The Labute approximate surface area is 272 Å². The molecule has 248 valence electrons. The Morgan fingerprint density at radius 2 is 1.96 bits per heavy atom. The number of aromatic nitrogens is 2. The summed E-state index contributed by atoms with van der Waals surface area (Å²) in [7, 11) is 3.77. The van der Waals surface area contributed by atoms with Gasteiger partial charge >= 0.3 is 5.97 Å². The molecule has 1 aliphatic rings. The number of Topliss-reactive ketones (excluding diaryl/α,β-unsaturated/α-hetero) is 1. The quantitative estimate of drug-likeness (QED) is 0.252. The Bertz CT molecular complexity index is 1300. The minimum Gasteiger partial charge on any atom is -0.455 e. The number of likely N-dealkylation sites (N-methyl/N-ethyl adjacent to an activating group) is 1. The number of rotatable bonds is 16. The smallest absolute Gasteiger partial charge is 0.303 e. The highest BCUT2D eigenvalue weighted by atomic mass is 32.1. The maximum atomic E-state index is 14.1. The molecule has 0 spiro atoms. The molecule has 45 heavy (non-hydrogen) atoms. The van der Waals surface area contributed by atoms with Crippen LogP contribution in [0, 0.1) is 17.8 Å². The molecule has 3 rings (SSSR count). The predicted octanol–water partition coefficient (Wildman–Crippen LogP) is 5.09. The average Bonchev–Trinajstić information content (AvgIpc) is 3.64. The van der Waals surface area contributed by atoms with E-state index in [-0.39, 0.29) is 47.6 Å². The van der Waals surface area contributed by atoms with E-state index in [0.29, 0.717) is 24.4 Å². The molecule has 2 aromatic rings. The summed E-state index contributed by atoms with van der Waals surface area (Å²) in [5.74, 6) is -1.14. The van der Waals surface area contributed by atoms with Crippen molar-refractivity contribution in [3.05, 3.63) is 46.2 Å². The van der Waals surface area contributed by atoms with Gasteiger partial charge in [0.05, 0.1) is 5.54 Å². The Morgan fingerprint density at radius 3 is 2.53 bits per heavy atom. The summed E-state index contributed by atoms with van der Waals surface area (Å²) in [5.41, 5.74) is 0.727. The van der Waals surface area contributed by atoms with Crippen LogP contribution in [0.15, 0.2) is 29.9 Å². The van der Waals surface area contributed by atoms with E-state index in [1.54, 1.807) is 29.7 Å². The first kappa shape index (κ1) is 36.3. The molecular weight excluding hydrogens is 590 g/mol. The lowest BCUT2D eigenvalue weighted by molar-refractivity contribution is -0.149. The second-order valence-corrected chi connectivity index (χ2v) is 13.8. The summed E-state index contributed by atoms with van der Waals surface area (Å²) < 4.78 is 5.74. The van der Waals surface area contributed by atoms with Crippen LogP contribution >= 0.6 is 11.3 Å². The number of hydrogen-bond donors (Lipinski definition) is 1. The monoisotopic (exact) mass is 641 g/mol. The van der Waals surface area contributed by atoms with Crippen LogP contribution in [0.4, 0.5) is 0 Å². The number of hydrogen-bond acceptors (Lipinski definition) is 9. The lowest BCUT2D eigenvalue weighted by atomic mass is 9.80. The highest BCUT2D eigenvalue weighted by Crippen LogP contribution is 2.35. The summed E-state index contributed by atoms with van der Waals surface area (Å²) in [4.78, 5) is 65.3. The number of esters is 1. The number of nitrogens with zero attached hydrogens (tertiary/aromatic N) is 4. The average molecular weight is 642 g/mol. The first-order valence-corrected chi connectivity index (χ1v) is 17.0. The van der Waals surface area contributed by atoms with Crippen molar-refractivity contribution in [1.82, 2.24) is 25.1 Å². The molecule has 0 aliphatic carbocycles. The largest absolute Gasteiger partial charge is 0.455 e. The lowest BCUT2D eigenvalue weighted by Crippen LogP contribution is -2.50. The van der Waals surface area contributed by atoms with Crippen LogP contribution in [-0.4, -0.2) is 82.1 Å². The minimum absolute atomic E-state index is 0.0227. The normalized spacial score (nSPS) is 19.5. The summed E-state index contributed by atoms with van der Waals surface area (Å²) in [6, 6.07) is 3.51. The van der Waals surface area contributed by atoms with Crippen LogP contribution < -0.4 is 5.32 Å². The number of carbonyl (C=O) groups is 4. The second-order valence-electron chi connectivity index (χ2n) is 13.0. The van der Waals surface area contributed by atoms with Gasteiger partial charge in [0.2, 0.25) is 5.91 Å². The van der Waals surface area contributed by atoms with E-state index in [9.17, 15) is 19.2 Å². The lowest BCUT2D eigenvalue weighted by Gasteiger charge is -2.38. The second kappa shape index (κ2) is 16.4. The van der Waals surface area contributed by atoms with Crippen molar-refractivity contribution >= 4 is 34.9 Å². The number of carbonyl (C=O) groups excluding carboxylic acids is 4. The summed E-state index contributed by atoms with van der Waals surface area (Å²) >= 11 is 1.26. The molecule has 1 N–H and O–H groups in total. The van der Waals surface area contributed by atoms with E-state index in [0.717, 1.165) is 31.4 Å². The van der Waals surface area contributed by atoms with Crippen LogP contribution in [0.3, 0.4) is 0 Å². The molecule has 0 saturated carbocycles. The zero-order valence-corrected chi connectivity index (χ0v) is 29.0. The van der Waals surface area contributed by atoms with Gasteiger partial charge in [0.25, 0.3) is 5.91 Å². The zero-order valence-electron chi connectivity index (χ0n) is 28.2. The molecule has 2 amide bonds. The van der Waals surface area contributed by atoms with Crippen molar-refractivity contribution < 1.29 is 23.9 Å². The van der Waals surface area contributed by atoms with Crippen LogP contribution in [0.1, 0.15) is 101 Å². The van der Waals surface area contributed by atoms with E-state index in [1.165, 1.54) is 18.3 Å². The van der Waals surface area contributed by atoms with Crippen molar-refractivity contribution in [2.45, 2.75) is 97.8 Å². The fraction of sp³-hybridized carbons (Fsp3) is 0.647. The predicted molar refractivity (Wildman–Crippen MR) is 176 cm³/mol. The van der Waals surface area contributed by atoms with Gasteiger partial charge in [0, 0.05) is 63.1 Å². The molecule has 0 unspecified atom stereocenters. The van der Waals surface area contributed by atoms with Crippen molar-refractivity contribution in [2.75, 3.05) is 27.2 Å². The molecule has 5 atom stereocenters. The third kappa shape index (κ3) is 9.42. The highest BCUT2D eigenvalue weighted by molar-refractivity contribution is 7.09. The third-order valence-corrected chi connectivity index (χ3v) is 10.4. The van der Waals surface area contributed by atoms with E-state index < -0.39 is 23.5 Å². The van der Waals surface area contributed by atoms with Gasteiger partial charge in [0.1, 0.15) is 10.7 Å². The Morgan fingerprint density at radius 1 is 1.22 bits per heavy atom. The van der Waals surface area contributed by atoms with Crippen molar-refractivity contribution in [2.24, 2.45) is 17.8 Å². The number of nitrogens with one attached hydrogen (secondary N) is 1. The third-order valence-electron chi connectivity index (χ3n) is 9.48. The molecule has 11 heteroatoms.